The first-order chi connectivity index (χ1) is 18.0. The van der Waals surface area contributed by atoms with Crippen LogP contribution in [0.5, 0.6) is 0 Å². The van der Waals surface area contributed by atoms with Gasteiger partial charge in [0.2, 0.25) is 0 Å². The maximum Gasteiger partial charge on any atom is 0.432 e. The molecule has 0 heterocycles. The van der Waals surface area contributed by atoms with Gasteiger partial charge in [0, 0.05) is 0 Å². The molecule has 0 saturated carbocycles. The van der Waals surface area contributed by atoms with E-state index in [9.17, 15) is 39.7 Å². The Labute approximate surface area is 241 Å². The van der Waals surface area contributed by atoms with Gasteiger partial charge in [-0.1, -0.05) is 76.4 Å². The van der Waals surface area contributed by atoms with Crippen LogP contribution in [0.1, 0.15) is 42.0 Å². The van der Waals surface area contributed by atoms with E-state index in [1.165, 1.54) is 21.6 Å². The van der Waals surface area contributed by atoms with Gasteiger partial charge in [-0.2, -0.15) is 22.0 Å². The summed E-state index contributed by atoms with van der Waals surface area (Å²) in [5.41, 5.74) is -1.55. The van der Waals surface area contributed by atoms with Crippen LogP contribution in [0, 0.1) is 5.41 Å². The molecule has 0 aliphatic carbocycles. The number of halogens is 5. The molecule has 0 radical (unpaired) electrons. The summed E-state index contributed by atoms with van der Waals surface area (Å²) >= 11 is 0. The molecule has 1 atom stereocenters. The Morgan fingerprint density at radius 3 is 1.34 bits per heavy atom. The van der Waals surface area contributed by atoms with Crippen LogP contribution in [0.3, 0.4) is 0 Å². The van der Waals surface area contributed by atoms with Gasteiger partial charge in [0.15, 0.2) is 24.8 Å². The molecule has 3 aromatic rings. The average molecular weight is 623 g/mol. The van der Waals surface area contributed by atoms with Crippen molar-refractivity contribution in [2.24, 2.45) is 5.41 Å². The SMILES string of the molecule is C.C.CCC(C)(C)C(=O)OC(C(F)(F)F)C(F)(F)S(=O)(=O)[O-].c1ccc([S+](c2ccccc2)c2ccccc2)cc1. The number of ether oxygens (including phenoxy) is 1. The molecular weight excluding hydrogens is 587 g/mol. The number of rotatable bonds is 8. The quantitative estimate of drug-likeness (QED) is 0.110. The highest BCUT2D eigenvalue weighted by Gasteiger charge is 2.63. The molecule has 0 saturated heterocycles. The largest absolute Gasteiger partial charge is 0.743 e. The topological polar surface area (TPSA) is 83.5 Å². The molecule has 0 amide bonds. The number of hydrogen-bond acceptors (Lipinski definition) is 5. The first-order valence-corrected chi connectivity index (χ1v) is 14.2. The second kappa shape index (κ2) is 15.3. The highest BCUT2D eigenvalue weighted by Crippen LogP contribution is 2.39. The zero-order valence-electron chi connectivity index (χ0n) is 21.2. The standard InChI is InChI=1S/C18H15S.C9H13F5O5S.2CH4/c1-4-10-16(11-5-1)19(17-12-6-2-7-13-17)18-14-8-3-9-15-18;1-4-7(2,3)6(15)19-5(8(10,11)12)9(13,14)20(16,17)18;;/h1-15H;5H,4H2,1-3H3,(H,16,17,18);2*1H4/q+1;;;/p-1. The van der Waals surface area contributed by atoms with E-state index < -0.39 is 39.0 Å². The Bertz CT molecular complexity index is 1210. The number of hydrogen-bond donors (Lipinski definition) is 0. The first-order valence-electron chi connectivity index (χ1n) is 11.5. The number of carbonyl (C=O) groups excluding carboxylic acids is 1. The fourth-order valence-corrected chi connectivity index (χ4v) is 5.49. The summed E-state index contributed by atoms with van der Waals surface area (Å²) in [5, 5.41) is -5.81. The molecule has 3 rings (SSSR count). The third-order valence-corrected chi connectivity index (χ3v) is 8.65. The molecule has 228 valence electrons. The highest BCUT2D eigenvalue weighted by atomic mass is 32.2. The molecule has 1 unspecified atom stereocenters. The Morgan fingerprint density at radius 2 is 1.10 bits per heavy atom. The lowest BCUT2D eigenvalue weighted by atomic mass is 9.90. The van der Waals surface area contributed by atoms with Crippen LogP contribution in [0.4, 0.5) is 22.0 Å². The second-order valence-electron chi connectivity index (χ2n) is 8.83. The zero-order valence-corrected chi connectivity index (χ0v) is 22.8. The van der Waals surface area contributed by atoms with E-state index in [-0.39, 0.29) is 32.2 Å². The van der Waals surface area contributed by atoms with Gasteiger partial charge >= 0.3 is 17.4 Å². The van der Waals surface area contributed by atoms with Crippen LogP contribution in [0.2, 0.25) is 0 Å². The predicted molar refractivity (Wildman–Crippen MR) is 150 cm³/mol. The number of carbonyl (C=O) groups is 1. The van der Waals surface area contributed by atoms with Gasteiger partial charge in [0.05, 0.1) is 16.3 Å². The molecule has 0 aromatic heterocycles. The fraction of sp³-hybridized carbons (Fsp3) is 0.345. The minimum absolute atomic E-state index is 0. The summed E-state index contributed by atoms with van der Waals surface area (Å²) in [5.74, 6) is -1.69. The van der Waals surface area contributed by atoms with E-state index in [0.29, 0.717) is 0 Å². The lowest BCUT2D eigenvalue weighted by Crippen LogP contribution is -2.53. The van der Waals surface area contributed by atoms with E-state index in [4.69, 9.17) is 0 Å². The Kier molecular flexibility index (Phi) is 14.2. The number of benzene rings is 3. The van der Waals surface area contributed by atoms with Crippen molar-refractivity contribution in [3.05, 3.63) is 91.0 Å². The van der Waals surface area contributed by atoms with Crippen LogP contribution in [-0.2, 0) is 30.5 Å². The van der Waals surface area contributed by atoms with Crippen molar-refractivity contribution in [3.63, 3.8) is 0 Å². The Hall–Kier alpha value is -2.96. The predicted octanol–water partition coefficient (Wildman–Crippen LogP) is 8.09. The Balaban J connectivity index is 0.000000744. The van der Waals surface area contributed by atoms with Crippen molar-refractivity contribution < 1.29 is 44.5 Å². The van der Waals surface area contributed by atoms with E-state index in [1.807, 2.05) is 0 Å². The van der Waals surface area contributed by atoms with Crippen molar-refractivity contribution in [1.29, 1.82) is 0 Å². The van der Waals surface area contributed by atoms with Crippen molar-refractivity contribution in [1.82, 2.24) is 0 Å². The Morgan fingerprint density at radius 1 is 0.780 bits per heavy atom. The van der Waals surface area contributed by atoms with E-state index in [2.05, 4.69) is 95.7 Å². The fourth-order valence-electron chi connectivity index (χ4n) is 2.95. The number of alkyl halides is 5. The van der Waals surface area contributed by atoms with Crippen LogP contribution < -0.4 is 0 Å². The molecule has 41 heavy (non-hydrogen) atoms. The molecule has 0 spiro atoms. The second-order valence-corrected chi connectivity index (χ2v) is 12.3. The third kappa shape index (κ3) is 10.1. The van der Waals surface area contributed by atoms with Gasteiger partial charge in [0.25, 0.3) is 6.10 Å². The van der Waals surface area contributed by atoms with Crippen LogP contribution in [-0.4, -0.2) is 36.5 Å². The zero-order chi connectivity index (χ0) is 29.5. The lowest BCUT2D eigenvalue weighted by molar-refractivity contribution is -0.262. The first kappa shape index (κ1) is 38.0. The minimum atomic E-state index is -6.66. The normalized spacial score (nSPS) is 12.6. The van der Waals surface area contributed by atoms with Crippen LogP contribution in [0.15, 0.2) is 106 Å². The van der Waals surface area contributed by atoms with Crippen molar-refractivity contribution >= 4 is 27.0 Å². The highest BCUT2D eigenvalue weighted by molar-refractivity contribution is 7.97. The van der Waals surface area contributed by atoms with Gasteiger partial charge in [-0.25, -0.2) is 8.42 Å². The third-order valence-electron chi connectivity index (χ3n) is 5.53. The van der Waals surface area contributed by atoms with Gasteiger partial charge in [-0.3, -0.25) is 4.79 Å². The molecule has 0 N–H and O–H groups in total. The summed E-state index contributed by atoms with van der Waals surface area (Å²) in [4.78, 5) is 15.5. The van der Waals surface area contributed by atoms with E-state index >= 15 is 0 Å². The minimum Gasteiger partial charge on any atom is -0.743 e. The molecule has 5 nitrogen and oxygen atoms in total. The molecule has 0 aliphatic heterocycles. The molecule has 0 fully saturated rings. The molecular formula is C29H35F5O5S2. The summed E-state index contributed by atoms with van der Waals surface area (Å²) in [6.45, 7) is 3.62. The summed E-state index contributed by atoms with van der Waals surface area (Å²) in [6.07, 6.45) is -10.3. The monoisotopic (exact) mass is 622 g/mol. The molecule has 0 bridgehead atoms. The number of esters is 1. The van der Waals surface area contributed by atoms with Gasteiger partial charge < -0.3 is 9.29 Å². The van der Waals surface area contributed by atoms with Gasteiger partial charge in [-0.15, -0.1) is 0 Å². The van der Waals surface area contributed by atoms with Crippen molar-refractivity contribution in [2.45, 2.75) is 74.3 Å². The maximum atomic E-state index is 13.0. The smallest absolute Gasteiger partial charge is 0.432 e. The summed E-state index contributed by atoms with van der Waals surface area (Å²) < 4.78 is 97.7. The average Bonchev–Trinajstić information content (AvgIpc) is 2.88. The molecule has 12 heteroatoms. The summed E-state index contributed by atoms with van der Waals surface area (Å²) in [6, 6.07) is 32.2. The lowest BCUT2D eigenvalue weighted by Gasteiger charge is -2.32. The molecule has 3 aromatic carbocycles. The van der Waals surface area contributed by atoms with Gasteiger partial charge in [-0.05, 0) is 56.7 Å². The van der Waals surface area contributed by atoms with E-state index in [1.54, 1.807) is 0 Å². The summed E-state index contributed by atoms with van der Waals surface area (Å²) in [7, 11) is -6.68. The van der Waals surface area contributed by atoms with Crippen molar-refractivity contribution in [2.75, 3.05) is 0 Å². The van der Waals surface area contributed by atoms with Crippen molar-refractivity contribution in [3.8, 4) is 0 Å². The molecule has 0 aliphatic rings. The van der Waals surface area contributed by atoms with E-state index in [0.717, 1.165) is 13.8 Å². The van der Waals surface area contributed by atoms with Crippen LogP contribution >= 0.6 is 0 Å². The maximum absolute atomic E-state index is 13.0. The van der Waals surface area contributed by atoms with Gasteiger partial charge in [0.1, 0.15) is 0 Å². The van der Waals surface area contributed by atoms with Crippen LogP contribution in [0.25, 0.3) is 0 Å².